The number of thiophene rings is 1. The minimum atomic E-state index is -0.544. The van der Waals surface area contributed by atoms with Gasteiger partial charge in [-0.1, -0.05) is 18.2 Å². The standard InChI is InChI=1S/C24H22N6O3S/c1-25-22(15-30(32)33)28-17-6-8-18(9-7-17)29-24(31)23-21(11-13-34-23)27-14-16-10-12-26-20-5-3-2-4-19(16)20/h2-13,15,25,27-28H,14H2,1H3,(H,29,31)/b22-15+. The largest absolute Gasteiger partial charge is 0.380 e. The molecule has 0 saturated carbocycles. The van der Waals surface area contributed by atoms with Gasteiger partial charge in [-0.05, 0) is 53.4 Å². The minimum absolute atomic E-state index is 0.220. The van der Waals surface area contributed by atoms with Crippen LogP contribution in [0.3, 0.4) is 0 Å². The molecule has 10 heteroatoms. The topological polar surface area (TPSA) is 121 Å². The number of hydrogen-bond donors (Lipinski definition) is 4. The minimum Gasteiger partial charge on any atom is -0.380 e. The number of carbonyl (C=O) groups is 1. The van der Waals surface area contributed by atoms with Gasteiger partial charge in [-0.25, -0.2) is 0 Å². The number of nitrogens with one attached hydrogen (secondary N) is 4. The zero-order valence-corrected chi connectivity index (χ0v) is 19.1. The summed E-state index contributed by atoms with van der Waals surface area (Å²) in [6.07, 6.45) is 2.63. The van der Waals surface area contributed by atoms with E-state index < -0.39 is 4.92 Å². The van der Waals surface area contributed by atoms with Crippen LogP contribution >= 0.6 is 11.3 Å². The van der Waals surface area contributed by atoms with Crippen LogP contribution in [0.15, 0.2) is 84.3 Å². The van der Waals surface area contributed by atoms with Crippen molar-refractivity contribution >= 4 is 45.2 Å². The summed E-state index contributed by atoms with van der Waals surface area (Å²) in [5, 5.41) is 25.5. The average molecular weight is 475 g/mol. The van der Waals surface area contributed by atoms with E-state index in [2.05, 4.69) is 26.3 Å². The molecule has 2 aromatic heterocycles. The molecule has 0 unspecified atom stereocenters. The highest BCUT2D eigenvalue weighted by Crippen LogP contribution is 2.26. The molecule has 0 radical (unpaired) electrons. The molecule has 0 fully saturated rings. The third-order valence-electron chi connectivity index (χ3n) is 5.01. The Hall–Kier alpha value is -4.44. The van der Waals surface area contributed by atoms with Crippen LogP contribution in [0.2, 0.25) is 0 Å². The molecule has 4 N–H and O–H groups in total. The molecular formula is C24H22N6O3S. The fraction of sp³-hybridized carbons (Fsp3) is 0.0833. The molecule has 34 heavy (non-hydrogen) atoms. The van der Waals surface area contributed by atoms with Crippen LogP contribution in [-0.2, 0) is 6.54 Å². The van der Waals surface area contributed by atoms with Gasteiger partial charge in [-0.15, -0.1) is 11.3 Å². The number of nitro groups is 1. The average Bonchev–Trinajstić information content (AvgIpc) is 3.32. The van der Waals surface area contributed by atoms with Crippen molar-refractivity contribution < 1.29 is 9.72 Å². The summed E-state index contributed by atoms with van der Waals surface area (Å²) in [6.45, 7) is 0.561. The molecule has 0 aliphatic rings. The van der Waals surface area contributed by atoms with Gasteiger partial charge < -0.3 is 21.3 Å². The molecule has 2 heterocycles. The normalized spacial score (nSPS) is 11.1. The van der Waals surface area contributed by atoms with Crippen LogP contribution < -0.4 is 21.3 Å². The molecule has 2 aromatic carbocycles. The first-order valence-electron chi connectivity index (χ1n) is 10.4. The number of amides is 1. The summed E-state index contributed by atoms with van der Waals surface area (Å²) in [5.41, 5.74) is 4.03. The van der Waals surface area contributed by atoms with Gasteiger partial charge in [0.25, 0.3) is 12.1 Å². The number of rotatable bonds is 9. The molecule has 0 atom stereocenters. The third kappa shape index (κ3) is 5.48. The molecular weight excluding hydrogens is 452 g/mol. The van der Waals surface area contributed by atoms with Crippen molar-refractivity contribution in [1.29, 1.82) is 0 Å². The summed E-state index contributed by atoms with van der Waals surface area (Å²) >= 11 is 1.36. The second-order valence-corrected chi connectivity index (χ2v) is 8.15. The van der Waals surface area contributed by atoms with Crippen LogP contribution in [-0.4, -0.2) is 22.9 Å². The van der Waals surface area contributed by atoms with Gasteiger partial charge in [0.15, 0.2) is 5.82 Å². The fourth-order valence-corrected chi connectivity index (χ4v) is 4.13. The summed E-state index contributed by atoms with van der Waals surface area (Å²) in [5.74, 6) is 0.0278. The van der Waals surface area contributed by atoms with E-state index in [1.165, 1.54) is 11.3 Å². The van der Waals surface area contributed by atoms with Crippen molar-refractivity contribution in [3.05, 3.63) is 105 Å². The van der Waals surface area contributed by atoms with Crippen molar-refractivity contribution in [2.24, 2.45) is 0 Å². The Balaban J connectivity index is 1.41. The lowest BCUT2D eigenvalue weighted by Crippen LogP contribution is -2.16. The highest BCUT2D eigenvalue weighted by atomic mass is 32.1. The maximum atomic E-state index is 12.9. The summed E-state index contributed by atoms with van der Waals surface area (Å²) < 4.78 is 0. The maximum absolute atomic E-state index is 12.9. The molecule has 0 aliphatic heterocycles. The Morgan fingerprint density at radius 2 is 1.79 bits per heavy atom. The Morgan fingerprint density at radius 3 is 2.53 bits per heavy atom. The zero-order valence-electron chi connectivity index (χ0n) is 18.2. The summed E-state index contributed by atoms with van der Waals surface area (Å²) in [6, 6.07) is 18.7. The third-order valence-corrected chi connectivity index (χ3v) is 5.92. The molecule has 0 spiro atoms. The number of aromatic nitrogens is 1. The Morgan fingerprint density at radius 1 is 1.06 bits per heavy atom. The second-order valence-electron chi connectivity index (χ2n) is 7.24. The quantitative estimate of drug-likeness (QED) is 0.202. The first-order valence-corrected chi connectivity index (χ1v) is 11.3. The Kier molecular flexibility index (Phi) is 6.99. The fourth-order valence-electron chi connectivity index (χ4n) is 3.37. The maximum Gasteiger partial charge on any atom is 0.274 e. The highest BCUT2D eigenvalue weighted by molar-refractivity contribution is 7.12. The van der Waals surface area contributed by atoms with Crippen LogP contribution in [0.25, 0.3) is 10.9 Å². The van der Waals surface area contributed by atoms with E-state index in [4.69, 9.17) is 0 Å². The van der Waals surface area contributed by atoms with Crippen molar-refractivity contribution in [2.45, 2.75) is 6.54 Å². The number of para-hydroxylation sites is 1. The Labute approximate surface area is 199 Å². The van der Waals surface area contributed by atoms with Crippen molar-refractivity contribution in [1.82, 2.24) is 10.3 Å². The summed E-state index contributed by atoms with van der Waals surface area (Å²) in [4.78, 5) is 28.0. The van der Waals surface area contributed by atoms with E-state index in [1.54, 1.807) is 37.5 Å². The number of hydrogen-bond acceptors (Lipinski definition) is 8. The van der Waals surface area contributed by atoms with Crippen LogP contribution in [0.5, 0.6) is 0 Å². The SMILES string of the molecule is CN/C(=C\[N+](=O)[O-])Nc1ccc(NC(=O)c2sccc2NCc2ccnc3ccccc23)cc1. The van der Waals surface area contributed by atoms with E-state index >= 15 is 0 Å². The molecule has 0 saturated heterocycles. The van der Waals surface area contributed by atoms with Gasteiger partial charge in [0.05, 0.1) is 16.1 Å². The van der Waals surface area contributed by atoms with Crippen LogP contribution in [0.1, 0.15) is 15.2 Å². The van der Waals surface area contributed by atoms with Crippen molar-refractivity contribution in [3.8, 4) is 0 Å². The lowest BCUT2D eigenvalue weighted by Gasteiger charge is -2.11. The molecule has 9 nitrogen and oxygen atoms in total. The highest BCUT2D eigenvalue weighted by Gasteiger charge is 2.14. The van der Waals surface area contributed by atoms with Gasteiger partial charge in [0.2, 0.25) is 0 Å². The zero-order chi connectivity index (χ0) is 23.9. The van der Waals surface area contributed by atoms with Crippen LogP contribution in [0, 0.1) is 10.1 Å². The molecule has 0 aliphatic carbocycles. The van der Waals surface area contributed by atoms with E-state index in [1.807, 2.05) is 41.8 Å². The van der Waals surface area contributed by atoms with Gasteiger partial charge in [-0.2, -0.15) is 0 Å². The summed E-state index contributed by atoms with van der Waals surface area (Å²) in [7, 11) is 1.58. The predicted octanol–water partition coefficient (Wildman–Crippen LogP) is 4.87. The lowest BCUT2D eigenvalue weighted by atomic mass is 10.1. The lowest BCUT2D eigenvalue weighted by molar-refractivity contribution is -0.403. The van der Waals surface area contributed by atoms with Crippen LogP contribution in [0.4, 0.5) is 17.1 Å². The molecule has 4 aromatic rings. The number of anilines is 3. The molecule has 1 amide bonds. The van der Waals surface area contributed by atoms with Crippen molar-refractivity contribution in [2.75, 3.05) is 23.0 Å². The van der Waals surface area contributed by atoms with E-state index in [0.717, 1.165) is 28.4 Å². The number of benzene rings is 2. The number of nitrogens with zero attached hydrogens (tertiary/aromatic N) is 2. The van der Waals surface area contributed by atoms with Gasteiger partial charge in [-0.3, -0.25) is 19.9 Å². The number of carbonyl (C=O) groups excluding carboxylic acids is 1. The molecule has 172 valence electrons. The van der Waals surface area contributed by atoms with Gasteiger partial charge >= 0.3 is 0 Å². The smallest absolute Gasteiger partial charge is 0.274 e. The van der Waals surface area contributed by atoms with E-state index in [9.17, 15) is 14.9 Å². The number of pyridine rings is 1. The first-order chi connectivity index (χ1) is 16.5. The predicted molar refractivity (Wildman–Crippen MR) is 136 cm³/mol. The van der Waals surface area contributed by atoms with Gasteiger partial charge in [0.1, 0.15) is 4.88 Å². The second kappa shape index (κ2) is 10.5. The Bertz CT molecular complexity index is 1350. The number of fused-ring (bicyclic) bond motifs is 1. The van der Waals surface area contributed by atoms with Gasteiger partial charge in [0, 0.05) is 36.6 Å². The molecule has 4 rings (SSSR count). The monoisotopic (exact) mass is 474 g/mol. The first kappa shape index (κ1) is 22.7. The van der Waals surface area contributed by atoms with Crippen molar-refractivity contribution in [3.63, 3.8) is 0 Å². The molecule has 0 bridgehead atoms. The van der Waals surface area contributed by atoms with E-state index in [-0.39, 0.29) is 11.7 Å². The van der Waals surface area contributed by atoms with E-state index in [0.29, 0.717) is 22.8 Å².